The summed E-state index contributed by atoms with van der Waals surface area (Å²) < 4.78 is 0. The van der Waals surface area contributed by atoms with Gasteiger partial charge in [0.2, 0.25) is 0 Å². The van der Waals surface area contributed by atoms with Crippen molar-refractivity contribution in [2.75, 3.05) is 13.2 Å². The number of allylic oxidation sites excluding steroid dienone is 1. The Bertz CT molecular complexity index is 333. The second kappa shape index (κ2) is 23.9. The lowest BCUT2D eigenvalue weighted by Crippen LogP contribution is -2.42. The van der Waals surface area contributed by atoms with Crippen LogP contribution >= 0.6 is 0 Å². The maximum atomic E-state index is 10.2. The third kappa shape index (κ3) is 20.7. The largest absolute Gasteiger partial charge is 0.395 e. The Labute approximate surface area is 182 Å². The monoisotopic (exact) mass is 411 g/mol. The van der Waals surface area contributed by atoms with Gasteiger partial charge in [0.25, 0.3) is 0 Å². The molecule has 0 aliphatic heterocycles. The van der Waals surface area contributed by atoms with Crippen LogP contribution in [0.1, 0.15) is 129 Å². The van der Waals surface area contributed by atoms with Gasteiger partial charge in [-0.05, 0) is 25.8 Å². The molecule has 3 heteroatoms. The molecule has 2 atom stereocenters. The average Bonchev–Trinajstić information content (AvgIpc) is 2.73. The maximum absolute atomic E-state index is 10.2. The number of hydrogen-bond acceptors (Lipinski definition) is 3. The van der Waals surface area contributed by atoms with Crippen LogP contribution in [-0.4, -0.2) is 35.5 Å². The number of aliphatic hydroxyl groups is 2. The minimum absolute atomic E-state index is 0.0141. The number of rotatable bonds is 23. The van der Waals surface area contributed by atoms with Gasteiger partial charge in [0.15, 0.2) is 0 Å². The van der Waals surface area contributed by atoms with Gasteiger partial charge in [0.1, 0.15) is 0 Å². The van der Waals surface area contributed by atoms with E-state index in [0.29, 0.717) is 0 Å². The molecule has 3 nitrogen and oxygen atoms in total. The average molecular weight is 412 g/mol. The lowest BCUT2D eigenvalue weighted by molar-refractivity contribution is 0.123. The topological polar surface area (TPSA) is 52.5 Å². The summed E-state index contributed by atoms with van der Waals surface area (Å²) in [4.78, 5) is 0. The lowest BCUT2D eigenvalue weighted by Gasteiger charge is -2.19. The first-order chi connectivity index (χ1) is 14.3. The normalized spacial score (nSPS) is 13.9. The van der Waals surface area contributed by atoms with Gasteiger partial charge >= 0.3 is 0 Å². The van der Waals surface area contributed by atoms with Gasteiger partial charge in [-0.25, -0.2) is 0 Å². The van der Waals surface area contributed by atoms with Crippen molar-refractivity contribution in [3.8, 4) is 0 Å². The second-order valence-corrected chi connectivity index (χ2v) is 8.75. The van der Waals surface area contributed by atoms with Gasteiger partial charge < -0.3 is 15.5 Å². The Morgan fingerprint density at radius 1 is 0.655 bits per heavy atom. The number of hydrogen-bond donors (Lipinski definition) is 3. The van der Waals surface area contributed by atoms with Crippen LogP contribution in [0.4, 0.5) is 0 Å². The summed E-state index contributed by atoms with van der Waals surface area (Å²) >= 11 is 0. The van der Waals surface area contributed by atoms with Gasteiger partial charge in [-0.2, -0.15) is 0 Å². The summed E-state index contributed by atoms with van der Waals surface area (Å²) in [7, 11) is 0. The molecule has 174 valence electrons. The fraction of sp³-hybridized carbons (Fsp3) is 0.923. The van der Waals surface area contributed by atoms with E-state index in [1.54, 1.807) is 0 Å². The van der Waals surface area contributed by atoms with Crippen LogP contribution in [-0.2, 0) is 0 Å². The zero-order valence-electron chi connectivity index (χ0n) is 19.8. The molecular formula is C26H53NO2. The highest BCUT2D eigenvalue weighted by Crippen LogP contribution is 2.12. The molecule has 0 aliphatic rings. The molecular weight excluding hydrogens is 358 g/mol. The molecule has 0 heterocycles. The Balaban J connectivity index is 3.53. The minimum Gasteiger partial charge on any atom is -0.395 e. The molecule has 2 unspecified atom stereocenters. The number of aliphatic hydroxyl groups excluding tert-OH is 2. The number of unbranched alkanes of at least 4 members (excludes halogenated alkanes) is 16. The van der Waals surface area contributed by atoms with Gasteiger partial charge in [0, 0.05) is 0 Å². The van der Waals surface area contributed by atoms with Crippen LogP contribution in [0.25, 0.3) is 0 Å². The second-order valence-electron chi connectivity index (χ2n) is 8.75. The molecule has 0 rings (SSSR count). The number of nitrogens with one attached hydrogen (secondary N) is 1. The van der Waals surface area contributed by atoms with Gasteiger partial charge in [0.05, 0.1) is 18.8 Å². The molecule has 0 aromatic rings. The van der Waals surface area contributed by atoms with Gasteiger partial charge in [-0.1, -0.05) is 122 Å². The third-order valence-electron chi connectivity index (χ3n) is 5.85. The van der Waals surface area contributed by atoms with Crippen molar-refractivity contribution in [1.29, 1.82) is 0 Å². The van der Waals surface area contributed by atoms with E-state index in [4.69, 9.17) is 0 Å². The van der Waals surface area contributed by atoms with Crippen molar-refractivity contribution in [2.45, 2.75) is 142 Å². The Morgan fingerprint density at radius 2 is 1.10 bits per heavy atom. The Kier molecular flexibility index (Phi) is 23.6. The van der Waals surface area contributed by atoms with Crippen molar-refractivity contribution in [3.63, 3.8) is 0 Å². The molecule has 0 saturated carbocycles. The van der Waals surface area contributed by atoms with Gasteiger partial charge in [-0.15, -0.1) is 0 Å². The zero-order valence-corrected chi connectivity index (χ0v) is 19.8. The lowest BCUT2D eigenvalue weighted by atomic mass is 10.0. The predicted octanol–water partition coefficient (Wildman–Crippen LogP) is 6.92. The molecule has 0 fully saturated rings. The quantitative estimate of drug-likeness (QED) is 0.126. The van der Waals surface area contributed by atoms with Crippen molar-refractivity contribution in [1.82, 2.24) is 5.32 Å². The van der Waals surface area contributed by atoms with Crippen LogP contribution < -0.4 is 5.32 Å². The Hall–Kier alpha value is -0.380. The summed E-state index contributed by atoms with van der Waals surface area (Å²) in [5, 5.41) is 23.1. The van der Waals surface area contributed by atoms with E-state index in [1.807, 2.05) is 6.08 Å². The molecule has 29 heavy (non-hydrogen) atoms. The summed E-state index contributed by atoms with van der Waals surface area (Å²) in [5.41, 5.74) is 0. The van der Waals surface area contributed by atoms with Crippen molar-refractivity contribution >= 4 is 0 Å². The maximum Gasteiger partial charge on any atom is 0.0896 e. The third-order valence-corrected chi connectivity index (χ3v) is 5.85. The van der Waals surface area contributed by atoms with Crippen LogP contribution in [0.5, 0.6) is 0 Å². The molecule has 0 aliphatic carbocycles. The van der Waals surface area contributed by atoms with Crippen molar-refractivity contribution < 1.29 is 10.2 Å². The first-order valence-electron chi connectivity index (χ1n) is 12.9. The van der Waals surface area contributed by atoms with Crippen molar-refractivity contribution in [2.24, 2.45) is 0 Å². The summed E-state index contributed by atoms with van der Waals surface area (Å²) in [5.74, 6) is 0. The molecule has 0 aromatic heterocycles. The minimum atomic E-state index is -0.590. The molecule has 0 saturated heterocycles. The summed E-state index contributed by atoms with van der Waals surface area (Å²) in [6.45, 7) is 5.37. The Morgan fingerprint density at radius 3 is 1.59 bits per heavy atom. The smallest absolute Gasteiger partial charge is 0.0896 e. The van der Waals surface area contributed by atoms with Crippen LogP contribution in [0.2, 0.25) is 0 Å². The summed E-state index contributed by atoms with van der Waals surface area (Å²) in [6, 6.07) is -0.237. The fourth-order valence-corrected chi connectivity index (χ4v) is 3.78. The van der Waals surface area contributed by atoms with E-state index in [2.05, 4.69) is 25.2 Å². The molecule has 0 spiro atoms. The standard InChI is InChI=1S/C26H53NO2/c1-3-5-7-9-11-12-13-14-15-16-17-18-20-22-26(29)25(24-28)27-23-21-19-10-8-6-4-2/h20,22,25-29H,3-19,21,23-24H2,1-2H3/b22-20+. The predicted molar refractivity (Wildman–Crippen MR) is 128 cm³/mol. The first-order valence-corrected chi connectivity index (χ1v) is 12.9. The zero-order chi connectivity index (χ0) is 21.4. The van der Waals surface area contributed by atoms with E-state index in [0.717, 1.165) is 19.4 Å². The van der Waals surface area contributed by atoms with Crippen molar-refractivity contribution in [3.05, 3.63) is 12.2 Å². The highest BCUT2D eigenvalue weighted by Gasteiger charge is 2.14. The fourth-order valence-electron chi connectivity index (χ4n) is 3.78. The molecule has 0 amide bonds. The van der Waals surface area contributed by atoms with E-state index >= 15 is 0 Å². The molecule has 3 N–H and O–H groups in total. The molecule has 0 radical (unpaired) electrons. The van der Waals surface area contributed by atoms with Gasteiger partial charge in [-0.3, -0.25) is 0 Å². The van der Waals surface area contributed by atoms with E-state index in [9.17, 15) is 10.2 Å². The molecule has 0 aromatic carbocycles. The first kappa shape index (κ1) is 28.6. The van der Waals surface area contributed by atoms with E-state index < -0.39 is 6.10 Å². The summed E-state index contributed by atoms with van der Waals surface area (Å²) in [6.07, 6.45) is 27.0. The highest BCUT2D eigenvalue weighted by molar-refractivity contribution is 4.94. The molecule has 0 bridgehead atoms. The van der Waals surface area contributed by atoms with E-state index in [-0.39, 0.29) is 12.6 Å². The SMILES string of the molecule is CCCCCCCCCCCCC/C=C/C(O)C(CO)NCCCCCCCC. The van der Waals surface area contributed by atoms with Crippen LogP contribution in [0.15, 0.2) is 12.2 Å². The van der Waals surface area contributed by atoms with E-state index in [1.165, 1.54) is 103 Å². The highest BCUT2D eigenvalue weighted by atomic mass is 16.3. The van der Waals surface area contributed by atoms with Crippen LogP contribution in [0.3, 0.4) is 0 Å². The van der Waals surface area contributed by atoms with Crippen LogP contribution in [0, 0.1) is 0 Å².